The Bertz CT molecular complexity index is 1170. The van der Waals surface area contributed by atoms with Crippen molar-refractivity contribution in [2.24, 2.45) is 17.8 Å². The van der Waals surface area contributed by atoms with Crippen LogP contribution in [0.4, 0.5) is 5.69 Å². The number of nitrogens with zero attached hydrogens (tertiary/aromatic N) is 2. The van der Waals surface area contributed by atoms with Gasteiger partial charge in [-0.2, -0.15) is 0 Å². The smallest absolute Gasteiger partial charge is 0.312 e. The highest BCUT2D eigenvalue weighted by molar-refractivity contribution is 6.30. The molecule has 3 aliphatic rings. The number of anilines is 1. The van der Waals surface area contributed by atoms with E-state index >= 15 is 0 Å². The Hall–Kier alpha value is -2.68. The summed E-state index contributed by atoms with van der Waals surface area (Å²) in [6.45, 7) is 13.7. The molecule has 0 radical (unpaired) electrons. The maximum Gasteiger partial charge on any atom is 0.312 e. The molecule has 3 heterocycles. The van der Waals surface area contributed by atoms with E-state index < -0.39 is 41.1 Å². The van der Waals surface area contributed by atoms with E-state index in [1.807, 2.05) is 26.8 Å². The van der Waals surface area contributed by atoms with Gasteiger partial charge >= 0.3 is 5.97 Å². The van der Waals surface area contributed by atoms with Crippen molar-refractivity contribution >= 4 is 35.1 Å². The number of hydrogen-bond donors (Lipinski definition) is 1. The molecule has 8 nitrogen and oxygen atoms in total. The number of carbonyl (C=O) groups is 3. The Labute approximate surface area is 254 Å². The van der Waals surface area contributed by atoms with Gasteiger partial charge in [0.2, 0.25) is 5.91 Å². The second kappa shape index (κ2) is 13.3. The molecular weight excluding hydrogens is 556 g/mol. The molecule has 1 aromatic rings. The van der Waals surface area contributed by atoms with Crippen LogP contribution in [0.2, 0.25) is 5.02 Å². The van der Waals surface area contributed by atoms with Crippen molar-refractivity contribution in [1.29, 1.82) is 0 Å². The van der Waals surface area contributed by atoms with E-state index in [9.17, 15) is 19.5 Å². The second-order valence-electron chi connectivity index (χ2n) is 12.2. The molecule has 2 bridgehead atoms. The molecule has 4 rings (SSSR count). The molecular formula is C33H45ClN2O6. The third kappa shape index (κ3) is 5.65. The largest absolute Gasteiger partial charge is 0.465 e. The third-order valence-corrected chi connectivity index (χ3v) is 9.47. The number of esters is 1. The number of aliphatic hydroxyl groups is 1. The average Bonchev–Trinajstić information content (AvgIpc) is 3.58. The SMILES string of the molecule is C=CCCCCOC(=O)[C@H]1[C@H]2C(=O)N([C@@H](CO)CC(C)C)C(C(=O)N(CC=C)c3ccc(Cl)cc3)C23CC[C@]1(CC)O3. The molecule has 0 saturated carbocycles. The van der Waals surface area contributed by atoms with Crippen molar-refractivity contribution < 1.29 is 29.0 Å². The minimum Gasteiger partial charge on any atom is -0.465 e. The number of allylic oxidation sites excluding steroid dienone is 1. The zero-order chi connectivity index (χ0) is 30.7. The van der Waals surface area contributed by atoms with Crippen LogP contribution < -0.4 is 4.90 Å². The number of likely N-dealkylation sites (tertiary alicyclic amines) is 1. The van der Waals surface area contributed by atoms with Gasteiger partial charge in [0.25, 0.3) is 5.91 Å². The summed E-state index contributed by atoms with van der Waals surface area (Å²) in [5.41, 5.74) is -1.50. The number of carbonyl (C=O) groups excluding carboxylic acids is 3. The van der Waals surface area contributed by atoms with Crippen LogP contribution in [0.1, 0.15) is 65.7 Å². The van der Waals surface area contributed by atoms with Gasteiger partial charge in [-0.25, -0.2) is 0 Å². The molecule has 3 fully saturated rings. The molecule has 42 heavy (non-hydrogen) atoms. The van der Waals surface area contributed by atoms with Crippen LogP contribution in [0.25, 0.3) is 0 Å². The van der Waals surface area contributed by atoms with Crippen molar-refractivity contribution in [3.63, 3.8) is 0 Å². The van der Waals surface area contributed by atoms with E-state index in [4.69, 9.17) is 21.1 Å². The fourth-order valence-electron chi connectivity index (χ4n) is 7.38. The maximum atomic E-state index is 14.7. The molecule has 1 spiro atoms. The van der Waals surface area contributed by atoms with Crippen LogP contribution >= 0.6 is 11.6 Å². The van der Waals surface area contributed by atoms with E-state index in [1.165, 1.54) is 4.90 Å². The van der Waals surface area contributed by atoms with E-state index in [0.29, 0.717) is 42.8 Å². The summed E-state index contributed by atoms with van der Waals surface area (Å²) in [4.78, 5) is 46.1. The van der Waals surface area contributed by atoms with Gasteiger partial charge in [-0.15, -0.1) is 13.2 Å². The van der Waals surface area contributed by atoms with E-state index in [1.54, 1.807) is 35.2 Å². The van der Waals surface area contributed by atoms with Gasteiger partial charge in [0.15, 0.2) is 0 Å². The highest BCUT2D eigenvalue weighted by atomic mass is 35.5. The third-order valence-electron chi connectivity index (χ3n) is 9.22. The Balaban J connectivity index is 1.78. The fourth-order valence-corrected chi connectivity index (χ4v) is 7.51. The number of fused-ring (bicyclic) bond motifs is 1. The number of unbranched alkanes of at least 4 members (excludes halogenated alkanes) is 2. The molecule has 3 saturated heterocycles. The number of halogens is 1. The normalized spacial score (nSPS) is 28.6. The molecule has 230 valence electrons. The number of ether oxygens (including phenoxy) is 2. The molecule has 3 aliphatic heterocycles. The number of benzene rings is 1. The van der Waals surface area contributed by atoms with Gasteiger partial charge < -0.3 is 24.4 Å². The summed E-state index contributed by atoms with van der Waals surface area (Å²) in [5.74, 6) is -2.66. The molecule has 1 N–H and O–H groups in total. The zero-order valence-electron chi connectivity index (χ0n) is 25.1. The van der Waals surface area contributed by atoms with Crippen LogP contribution in [0.15, 0.2) is 49.6 Å². The minimum atomic E-state index is -1.22. The number of aliphatic hydroxyl groups excluding tert-OH is 1. The fraction of sp³-hybridized carbons (Fsp3) is 0.606. The molecule has 2 unspecified atom stereocenters. The quantitative estimate of drug-likeness (QED) is 0.166. The summed E-state index contributed by atoms with van der Waals surface area (Å²) in [7, 11) is 0. The first kappa shape index (κ1) is 32.2. The summed E-state index contributed by atoms with van der Waals surface area (Å²) in [6.07, 6.45) is 7.84. The highest BCUT2D eigenvalue weighted by Gasteiger charge is 2.79. The monoisotopic (exact) mass is 600 g/mol. The lowest BCUT2D eigenvalue weighted by atomic mass is 9.65. The molecule has 0 aliphatic carbocycles. The molecule has 0 aromatic heterocycles. The first-order valence-corrected chi connectivity index (χ1v) is 15.6. The van der Waals surface area contributed by atoms with Crippen LogP contribution in [0.3, 0.4) is 0 Å². The van der Waals surface area contributed by atoms with Crippen molar-refractivity contribution in [1.82, 2.24) is 4.90 Å². The van der Waals surface area contributed by atoms with Gasteiger partial charge in [0.1, 0.15) is 17.6 Å². The van der Waals surface area contributed by atoms with Crippen molar-refractivity contribution in [3.8, 4) is 0 Å². The summed E-state index contributed by atoms with van der Waals surface area (Å²) in [5, 5.41) is 11.1. The lowest BCUT2D eigenvalue weighted by molar-refractivity contribution is -0.162. The summed E-state index contributed by atoms with van der Waals surface area (Å²) in [6, 6.07) is 5.28. The predicted octanol–water partition coefficient (Wildman–Crippen LogP) is 5.32. The van der Waals surface area contributed by atoms with E-state index in [-0.39, 0.29) is 37.5 Å². The first-order valence-electron chi connectivity index (χ1n) is 15.2. The first-order chi connectivity index (χ1) is 20.1. The average molecular weight is 601 g/mol. The standard InChI is InChI=1S/C33H45ClN2O6/c1-6-9-10-11-19-41-31(40)27-26-29(38)36(25(21-37)20-22(4)5)28(33(26)17-16-32(27,8-3)42-33)30(39)35(18-7-2)24-14-12-23(34)13-15-24/h6-7,12-15,22,25-28,37H,1-2,8-11,16-21H2,3-5H3/t25-,26+,27-,28?,32+,33?/m1/s1. The topological polar surface area (TPSA) is 96.4 Å². The maximum absolute atomic E-state index is 14.7. The number of rotatable bonds is 15. The Morgan fingerprint density at radius 2 is 1.93 bits per heavy atom. The summed E-state index contributed by atoms with van der Waals surface area (Å²) < 4.78 is 12.6. The molecule has 6 atom stereocenters. The minimum absolute atomic E-state index is 0.153. The van der Waals surface area contributed by atoms with Crippen LogP contribution in [-0.2, 0) is 23.9 Å². The lowest BCUT2D eigenvalue weighted by Crippen LogP contribution is -2.59. The Morgan fingerprint density at radius 3 is 2.52 bits per heavy atom. The predicted molar refractivity (Wildman–Crippen MR) is 163 cm³/mol. The zero-order valence-corrected chi connectivity index (χ0v) is 25.9. The lowest BCUT2D eigenvalue weighted by Gasteiger charge is -2.40. The van der Waals surface area contributed by atoms with Gasteiger partial charge in [0, 0.05) is 17.3 Å². The Morgan fingerprint density at radius 1 is 1.21 bits per heavy atom. The van der Waals surface area contributed by atoms with Crippen LogP contribution in [0.5, 0.6) is 0 Å². The van der Waals surface area contributed by atoms with Crippen LogP contribution in [-0.4, -0.2) is 70.8 Å². The molecule has 9 heteroatoms. The van der Waals surface area contributed by atoms with Gasteiger partial charge in [-0.1, -0.05) is 44.5 Å². The number of hydrogen-bond acceptors (Lipinski definition) is 6. The molecule has 1 aromatic carbocycles. The van der Waals surface area contributed by atoms with Gasteiger partial charge in [-0.3, -0.25) is 14.4 Å². The van der Waals surface area contributed by atoms with Crippen molar-refractivity contribution in [3.05, 3.63) is 54.6 Å². The van der Waals surface area contributed by atoms with E-state index in [2.05, 4.69) is 13.2 Å². The number of amides is 2. The summed E-state index contributed by atoms with van der Waals surface area (Å²) >= 11 is 6.14. The highest BCUT2D eigenvalue weighted by Crippen LogP contribution is 2.65. The van der Waals surface area contributed by atoms with Crippen molar-refractivity contribution in [2.75, 3.05) is 24.7 Å². The van der Waals surface area contributed by atoms with Crippen molar-refractivity contribution in [2.45, 2.75) is 89.0 Å². The Kier molecular flexibility index (Phi) is 10.2. The molecule has 2 amide bonds. The van der Waals surface area contributed by atoms with Crippen LogP contribution in [0, 0.1) is 17.8 Å². The van der Waals surface area contributed by atoms with Gasteiger partial charge in [0.05, 0.1) is 30.8 Å². The van der Waals surface area contributed by atoms with Gasteiger partial charge in [-0.05, 0) is 75.1 Å². The van der Waals surface area contributed by atoms with E-state index in [0.717, 1.165) is 12.8 Å². The second-order valence-corrected chi connectivity index (χ2v) is 12.6.